The van der Waals surface area contributed by atoms with Crippen molar-refractivity contribution in [2.45, 2.75) is 26.7 Å². The second-order valence-electron chi connectivity index (χ2n) is 7.20. The highest BCUT2D eigenvalue weighted by Crippen LogP contribution is 2.34. The number of hydrogen-bond acceptors (Lipinski definition) is 5. The van der Waals surface area contributed by atoms with Crippen molar-refractivity contribution in [1.29, 1.82) is 0 Å². The summed E-state index contributed by atoms with van der Waals surface area (Å²) in [4.78, 5) is 24.1. The standard InChI is InChI=1S/C22H24N4O2/c1-14-6-9-19(28-3)18(12-14)25-20-16-8-7-15(2)24-21(16)23-13-17(20)22(27)26-10-4-5-11-26/h6-9,12-13H,4-5,10-11H2,1-3H3,(H,23,24,25). The zero-order chi connectivity index (χ0) is 19.7. The number of methoxy groups -OCH3 is 1. The summed E-state index contributed by atoms with van der Waals surface area (Å²) in [6.45, 7) is 5.53. The van der Waals surface area contributed by atoms with E-state index < -0.39 is 0 Å². The van der Waals surface area contributed by atoms with Crippen molar-refractivity contribution in [2.24, 2.45) is 0 Å². The lowest BCUT2D eigenvalue weighted by molar-refractivity contribution is 0.0793. The van der Waals surface area contributed by atoms with Gasteiger partial charge in [0.05, 0.1) is 24.0 Å². The summed E-state index contributed by atoms with van der Waals surface area (Å²) in [5, 5.41) is 4.27. The molecule has 0 spiro atoms. The van der Waals surface area contributed by atoms with E-state index in [1.807, 2.05) is 49.1 Å². The van der Waals surface area contributed by atoms with Crippen LogP contribution in [0.5, 0.6) is 5.75 Å². The summed E-state index contributed by atoms with van der Waals surface area (Å²) < 4.78 is 5.51. The van der Waals surface area contributed by atoms with Crippen LogP contribution in [0.3, 0.4) is 0 Å². The third kappa shape index (κ3) is 3.38. The highest BCUT2D eigenvalue weighted by atomic mass is 16.5. The first kappa shape index (κ1) is 18.2. The fraction of sp³-hybridized carbons (Fsp3) is 0.318. The largest absolute Gasteiger partial charge is 0.495 e. The van der Waals surface area contributed by atoms with Gasteiger partial charge < -0.3 is 15.0 Å². The molecule has 6 heteroatoms. The molecule has 0 radical (unpaired) electrons. The number of aromatic nitrogens is 2. The van der Waals surface area contributed by atoms with Crippen molar-refractivity contribution in [2.75, 3.05) is 25.5 Å². The van der Waals surface area contributed by atoms with Crippen molar-refractivity contribution in [3.05, 3.63) is 53.3 Å². The molecule has 28 heavy (non-hydrogen) atoms. The molecule has 3 heterocycles. The van der Waals surface area contributed by atoms with Gasteiger partial charge in [0.1, 0.15) is 5.75 Å². The Kier molecular flexibility index (Phi) is 4.86. The summed E-state index contributed by atoms with van der Waals surface area (Å²) in [5.74, 6) is 0.719. The molecule has 1 aliphatic heterocycles. The molecule has 3 aromatic rings. The molecule has 1 aliphatic rings. The van der Waals surface area contributed by atoms with Gasteiger partial charge in [0, 0.05) is 30.4 Å². The Hall–Kier alpha value is -3.15. The van der Waals surface area contributed by atoms with Gasteiger partial charge in [0.25, 0.3) is 5.91 Å². The summed E-state index contributed by atoms with van der Waals surface area (Å²) in [5.41, 5.74) is 4.70. The maximum absolute atomic E-state index is 13.2. The summed E-state index contributed by atoms with van der Waals surface area (Å²) in [6, 6.07) is 9.83. The Bertz CT molecular complexity index is 1040. The summed E-state index contributed by atoms with van der Waals surface area (Å²) in [6.07, 6.45) is 3.73. The molecular formula is C22H24N4O2. The minimum Gasteiger partial charge on any atom is -0.495 e. The van der Waals surface area contributed by atoms with Gasteiger partial charge in [-0.1, -0.05) is 6.07 Å². The van der Waals surface area contributed by atoms with Gasteiger partial charge in [0.2, 0.25) is 0 Å². The Balaban J connectivity index is 1.87. The molecule has 0 aliphatic carbocycles. The van der Waals surface area contributed by atoms with Gasteiger partial charge in [-0.05, 0) is 56.5 Å². The number of ether oxygens (including phenoxy) is 1. The van der Waals surface area contributed by atoms with E-state index in [9.17, 15) is 4.79 Å². The van der Waals surface area contributed by atoms with E-state index in [0.717, 1.165) is 59.7 Å². The number of amides is 1. The van der Waals surface area contributed by atoms with E-state index in [4.69, 9.17) is 4.74 Å². The second-order valence-corrected chi connectivity index (χ2v) is 7.20. The van der Waals surface area contributed by atoms with Crippen molar-refractivity contribution < 1.29 is 9.53 Å². The first-order valence-electron chi connectivity index (χ1n) is 9.54. The van der Waals surface area contributed by atoms with Gasteiger partial charge in [0.15, 0.2) is 5.65 Å². The fourth-order valence-corrected chi connectivity index (χ4v) is 3.61. The lowest BCUT2D eigenvalue weighted by atomic mass is 10.1. The van der Waals surface area contributed by atoms with Crippen LogP contribution < -0.4 is 10.1 Å². The number of carbonyl (C=O) groups excluding carboxylic acids is 1. The number of likely N-dealkylation sites (tertiary alicyclic amines) is 1. The molecule has 1 aromatic carbocycles. The number of rotatable bonds is 4. The zero-order valence-corrected chi connectivity index (χ0v) is 16.5. The number of pyridine rings is 2. The van der Waals surface area contributed by atoms with Crippen LogP contribution in [-0.2, 0) is 0 Å². The predicted octanol–water partition coefficient (Wildman–Crippen LogP) is 4.23. The number of aryl methyl sites for hydroxylation is 2. The highest BCUT2D eigenvalue weighted by molar-refractivity contribution is 6.07. The van der Waals surface area contributed by atoms with Gasteiger partial charge in [-0.2, -0.15) is 0 Å². The molecule has 0 saturated carbocycles. The zero-order valence-electron chi connectivity index (χ0n) is 16.5. The number of benzene rings is 1. The lowest BCUT2D eigenvalue weighted by Gasteiger charge is -2.20. The molecular weight excluding hydrogens is 352 g/mol. The third-order valence-corrected chi connectivity index (χ3v) is 5.11. The maximum Gasteiger partial charge on any atom is 0.257 e. The topological polar surface area (TPSA) is 67.3 Å². The number of nitrogens with one attached hydrogen (secondary N) is 1. The Morgan fingerprint density at radius 3 is 2.68 bits per heavy atom. The van der Waals surface area contributed by atoms with Crippen molar-refractivity contribution in [3.63, 3.8) is 0 Å². The van der Waals surface area contributed by atoms with Crippen molar-refractivity contribution in [1.82, 2.24) is 14.9 Å². The Morgan fingerprint density at radius 2 is 1.93 bits per heavy atom. The quantitative estimate of drug-likeness (QED) is 0.738. The number of carbonyl (C=O) groups is 1. The summed E-state index contributed by atoms with van der Waals surface area (Å²) >= 11 is 0. The van der Waals surface area contributed by atoms with Crippen molar-refractivity contribution in [3.8, 4) is 5.75 Å². The van der Waals surface area contributed by atoms with Gasteiger partial charge in [-0.25, -0.2) is 9.97 Å². The minimum atomic E-state index is 0.00148. The smallest absolute Gasteiger partial charge is 0.257 e. The molecule has 1 saturated heterocycles. The molecule has 1 N–H and O–H groups in total. The van der Waals surface area contributed by atoms with Gasteiger partial charge >= 0.3 is 0 Å². The number of anilines is 2. The lowest BCUT2D eigenvalue weighted by Crippen LogP contribution is -2.28. The van der Waals surface area contributed by atoms with Crippen LogP contribution in [0.4, 0.5) is 11.4 Å². The van der Waals surface area contributed by atoms with E-state index in [0.29, 0.717) is 11.2 Å². The average Bonchev–Trinajstić information content (AvgIpc) is 3.22. The fourth-order valence-electron chi connectivity index (χ4n) is 3.61. The number of hydrogen-bond donors (Lipinski definition) is 1. The average molecular weight is 376 g/mol. The monoisotopic (exact) mass is 376 g/mol. The van der Waals surface area contributed by atoms with Crippen LogP contribution in [0.1, 0.15) is 34.5 Å². The van der Waals surface area contributed by atoms with Gasteiger partial charge in [-0.3, -0.25) is 4.79 Å². The van der Waals surface area contributed by atoms with Gasteiger partial charge in [-0.15, -0.1) is 0 Å². The third-order valence-electron chi connectivity index (χ3n) is 5.11. The van der Waals surface area contributed by atoms with E-state index in [1.165, 1.54) is 0 Å². The second kappa shape index (κ2) is 7.46. The molecule has 1 fully saturated rings. The Labute approximate surface area is 164 Å². The van der Waals surface area contributed by atoms with E-state index >= 15 is 0 Å². The molecule has 0 unspecified atom stereocenters. The molecule has 2 aromatic heterocycles. The molecule has 6 nitrogen and oxygen atoms in total. The first-order valence-corrected chi connectivity index (χ1v) is 9.54. The van der Waals surface area contributed by atoms with Crippen LogP contribution in [0.15, 0.2) is 36.5 Å². The van der Waals surface area contributed by atoms with Crippen LogP contribution >= 0.6 is 0 Å². The highest BCUT2D eigenvalue weighted by Gasteiger charge is 2.24. The van der Waals surface area contributed by atoms with Crippen LogP contribution in [0.25, 0.3) is 11.0 Å². The molecule has 0 atom stereocenters. The number of fused-ring (bicyclic) bond motifs is 1. The SMILES string of the molecule is COc1ccc(C)cc1Nc1c(C(=O)N2CCCC2)cnc2nc(C)ccc12. The molecule has 144 valence electrons. The van der Waals surface area contributed by atoms with Crippen molar-refractivity contribution >= 4 is 28.3 Å². The molecule has 4 rings (SSSR count). The van der Waals surface area contributed by atoms with E-state index in [-0.39, 0.29) is 5.91 Å². The molecule has 0 bridgehead atoms. The maximum atomic E-state index is 13.2. The Morgan fingerprint density at radius 1 is 1.14 bits per heavy atom. The minimum absolute atomic E-state index is 0.00148. The first-order chi connectivity index (χ1) is 13.6. The normalized spacial score (nSPS) is 13.8. The van der Waals surface area contributed by atoms with Crippen LogP contribution in [-0.4, -0.2) is 41.0 Å². The number of nitrogens with zero attached hydrogens (tertiary/aromatic N) is 3. The van der Waals surface area contributed by atoms with E-state index in [2.05, 4.69) is 15.3 Å². The van der Waals surface area contributed by atoms with Crippen LogP contribution in [0, 0.1) is 13.8 Å². The summed E-state index contributed by atoms with van der Waals surface area (Å²) in [7, 11) is 1.64. The van der Waals surface area contributed by atoms with E-state index in [1.54, 1.807) is 13.3 Å². The molecule has 1 amide bonds. The van der Waals surface area contributed by atoms with Crippen LogP contribution in [0.2, 0.25) is 0 Å². The predicted molar refractivity (Wildman–Crippen MR) is 110 cm³/mol.